The Balaban J connectivity index is 2.23. The van der Waals surface area contributed by atoms with E-state index in [0.717, 1.165) is 11.3 Å². The van der Waals surface area contributed by atoms with E-state index in [9.17, 15) is 14.4 Å². The molecule has 2 N–H and O–H groups in total. The van der Waals surface area contributed by atoms with Gasteiger partial charge in [-0.2, -0.15) is 0 Å². The van der Waals surface area contributed by atoms with Crippen LogP contribution in [0.3, 0.4) is 0 Å². The Morgan fingerprint density at radius 2 is 1.96 bits per heavy atom. The van der Waals surface area contributed by atoms with Gasteiger partial charge in [0.2, 0.25) is 5.91 Å². The number of hydrogen-bond acceptors (Lipinski definition) is 3. The predicted octanol–water partition coefficient (Wildman–Crippen LogP) is 3.07. The molecular weight excluding hydrogens is 365 g/mol. The molecule has 1 aromatic rings. The fraction of sp³-hybridized carbons (Fsp3) is 0.471. The van der Waals surface area contributed by atoms with Gasteiger partial charge in [0.1, 0.15) is 12.1 Å². The van der Waals surface area contributed by atoms with Gasteiger partial charge >= 0.3 is 6.03 Å². The van der Waals surface area contributed by atoms with Crippen LogP contribution in [-0.2, 0) is 15.1 Å². The Morgan fingerprint density at radius 1 is 1.32 bits per heavy atom. The summed E-state index contributed by atoms with van der Waals surface area (Å²) in [6.07, 6.45) is 0.719. The predicted molar refractivity (Wildman–Crippen MR) is 96.6 cm³/mol. The average molecular weight is 386 g/mol. The fourth-order valence-corrected chi connectivity index (χ4v) is 3.16. The molecule has 6 nitrogen and oxygen atoms in total. The van der Waals surface area contributed by atoms with E-state index in [4.69, 9.17) is 23.2 Å². The molecule has 136 valence electrons. The van der Waals surface area contributed by atoms with Crippen molar-refractivity contribution in [2.24, 2.45) is 0 Å². The summed E-state index contributed by atoms with van der Waals surface area (Å²) in [7, 11) is 0. The average Bonchev–Trinajstić information content (AvgIpc) is 2.70. The summed E-state index contributed by atoms with van der Waals surface area (Å²) in [5.41, 5.74) is -1.34. The minimum absolute atomic E-state index is 0.266. The van der Waals surface area contributed by atoms with Crippen LogP contribution in [0.15, 0.2) is 18.2 Å². The highest BCUT2D eigenvalue weighted by atomic mass is 35.5. The van der Waals surface area contributed by atoms with Crippen LogP contribution in [0, 0.1) is 0 Å². The van der Waals surface area contributed by atoms with Crippen molar-refractivity contribution >= 4 is 41.0 Å². The summed E-state index contributed by atoms with van der Waals surface area (Å²) in [5.74, 6) is -0.937. The topological polar surface area (TPSA) is 78.5 Å². The number of hydrogen-bond donors (Lipinski definition) is 2. The van der Waals surface area contributed by atoms with E-state index in [2.05, 4.69) is 10.6 Å². The third-order valence-electron chi connectivity index (χ3n) is 4.41. The number of benzene rings is 1. The van der Waals surface area contributed by atoms with Gasteiger partial charge in [0.25, 0.3) is 5.91 Å². The Kier molecular flexibility index (Phi) is 5.35. The molecule has 1 saturated heterocycles. The van der Waals surface area contributed by atoms with E-state index in [0.29, 0.717) is 10.6 Å². The summed E-state index contributed by atoms with van der Waals surface area (Å²) in [6, 6.07) is 4.05. The van der Waals surface area contributed by atoms with Crippen molar-refractivity contribution in [2.75, 3.05) is 6.54 Å². The van der Waals surface area contributed by atoms with Gasteiger partial charge in [-0.15, -0.1) is 0 Å². The van der Waals surface area contributed by atoms with Gasteiger partial charge in [-0.3, -0.25) is 14.5 Å². The lowest BCUT2D eigenvalue weighted by molar-refractivity contribution is -0.135. The first-order chi connectivity index (χ1) is 11.5. The monoisotopic (exact) mass is 385 g/mol. The van der Waals surface area contributed by atoms with Crippen LogP contribution in [-0.4, -0.2) is 34.8 Å². The van der Waals surface area contributed by atoms with Crippen LogP contribution in [0.4, 0.5) is 4.79 Å². The van der Waals surface area contributed by atoms with E-state index >= 15 is 0 Å². The van der Waals surface area contributed by atoms with Crippen LogP contribution in [0.5, 0.6) is 0 Å². The van der Waals surface area contributed by atoms with E-state index in [1.54, 1.807) is 19.1 Å². The highest BCUT2D eigenvalue weighted by Crippen LogP contribution is 2.34. The second-order valence-electron chi connectivity index (χ2n) is 6.86. The second kappa shape index (κ2) is 6.84. The molecule has 4 amide bonds. The van der Waals surface area contributed by atoms with E-state index in [1.165, 1.54) is 6.07 Å². The second-order valence-corrected chi connectivity index (χ2v) is 7.70. The van der Waals surface area contributed by atoms with Gasteiger partial charge in [-0.25, -0.2) is 4.79 Å². The largest absolute Gasteiger partial charge is 0.350 e. The van der Waals surface area contributed by atoms with E-state index in [1.807, 2.05) is 20.8 Å². The maximum atomic E-state index is 12.8. The van der Waals surface area contributed by atoms with Gasteiger partial charge < -0.3 is 10.6 Å². The summed E-state index contributed by atoms with van der Waals surface area (Å²) < 4.78 is 0. The van der Waals surface area contributed by atoms with Crippen molar-refractivity contribution < 1.29 is 14.4 Å². The molecule has 0 saturated carbocycles. The molecule has 25 heavy (non-hydrogen) atoms. The first-order valence-electron chi connectivity index (χ1n) is 7.91. The third-order valence-corrected chi connectivity index (χ3v) is 4.96. The quantitative estimate of drug-likeness (QED) is 0.764. The smallest absolute Gasteiger partial charge is 0.325 e. The minimum Gasteiger partial charge on any atom is -0.350 e. The number of nitrogens with one attached hydrogen (secondary N) is 2. The van der Waals surface area contributed by atoms with Gasteiger partial charge in [-0.05, 0) is 39.3 Å². The molecule has 1 atom stereocenters. The molecule has 8 heteroatoms. The summed E-state index contributed by atoms with van der Waals surface area (Å²) in [4.78, 5) is 38.2. The summed E-state index contributed by atoms with van der Waals surface area (Å²) in [6.45, 7) is 6.88. The van der Waals surface area contributed by atoms with Crippen molar-refractivity contribution in [1.82, 2.24) is 15.5 Å². The molecule has 0 radical (unpaired) electrons. The molecule has 1 unspecified atom stereocenters. The highest BCUT2D eigenvalue weighted by Gasteiger charge is 2.50. The lowest BCUT2D eigenvalue weighted by atomic mass is 9.92. The Morgan fingerprint density at radius 3 is 2.52 bits per heavy atom. The zero-order chi connectivity index (χ0) is 19.0. The molecule has 1 fully saturated rings. The molecule has 1 aliphatic heterocycles. The maximum absolute atomic E-state index is 12.8. The van der Waals surface area contributed by atoms with Crippen LogP contribution in [0.1, 0.15) is 39.7 Å². The number of urea groups is 1. The molecule has 2 rings (SSSR count). The first-order valence-corrected chi connectivity index (χ1v) is 8.66. The molecule has 1 heterocycles. The van der Waals surface area contributed by atoms with E-state index < -0.39 is 28.9 Å². The minimum atomic E-state index is -1.35. The van der Waals surface area contributed by atoms with Crippen LogP contribution in [0.2, 0.25) is 10.0 Å². The Bertz CT molecular complexity index is 736. The zero-order valence-electron chi connectivity index (χ0n) is 14.6. The van der Waals surface area contributed by atoms with E-state index in [-0.39, 0.29) is 11.6 Å². The third kappa shape index (κ3) is 3.90. The van der Waals surface area contributed by atoms with Crippen molar-refractivity contribution in [2.45, 2.75) is 45.2 Å². The number of imide groups is 1. The SMILES string of the molecule is CCC(C)(C)NC(=O)CN1C(=O)NC(C)(c2ccc(Cl)cc2Cl)C1=O. The lowest BCUT2D eigenvalue weighted by Gasteiger charge is -2.26. The molecular formula is C17H21Cl2N3O3. The van der Waals surface area contributed by atoms with Crippen molar-refractivity contribution in [3.63, 3.8) is 0 Å². The number of nitrogens with zero attached hydrogens (tertiary/aromatic N) is 1. The Hall–Kier alpha value is -1.79. The Labute approximate surface area is 156 Å². The number of carbonyl (C=O) groups excluding carboxylic acids is 3. The summed E-state index contributed by atoms with van der Waals surface area (Å²) in [5, 5.41) is 6.11. The standard InChI is InChI=1S/C17H21Cl2N3O3/c1-5-16(2,3)20-13(23)9-22-14(24)17(4,21-15(22)25)11-7-6-10(18)8-12(11)19/h6-8H,5,9H2,1-4H3,(H,20,23)(H,21,25). The molecule has 0 aromatic heterocycles. The first kappa shape index (κ1) is 19.5. The molecule has 0 aliphatic carbocycles. The van der Waals surface area contributed by atoms with Gasteiger partial charge in [-0.1, -0.05) is 36.2 Å². The number of halogens is 2. The van der Waals surface area contributed by atoms with Crippen LogP contribution in [0.25, 0.3) is 0 Å². The number of carbonyl (C=O) groups is 3. The van der Waals surface area contributed by atoms with Crippen molar-refractivity contribution in [3.8, 4) is 0 Å². The molecule has 1 aliphatic rings. The van der Waals surface area contributed by atoms with Crippen LogP contribution < -0.4 is 10.6 Å². The van der Waals surface area contributed by atoms with Gasteiger partial charge in [0, 0.05) is 21.1 Å². The van der Waals surface area contributed by atoms with Gasteiger partial charge in [0.15, 0.2) is 0 Å². The normalized spacial score (nSPS) is 20.6. The number of rotatable bonds is 5. The number of amides is 4. The summed E-state index contributed by atoms with van der Waals surface area (Å²) >= 11 is 12.1. The van der Waals surface area contributed by atoms with Gasteiger partial charge in [0.05, 0.1) is 0 Å². The molecule has 0 spiro atoms. The van der Waals surface area contributed by atoms with Crippen molar-refractivity contribution in [3.05, 3.63) is 33.8 Å². The lowest BCUT2D eigenvalue weighted by Crippen LogP contribution is -2.49. The van der Waals surface area contributed by atoms with Crippen LogP contribution >= 0.6 is 23.2 Å². The maximum Gasteiger partial charge on any atom is 0.325 e. The molecule has 1 aromatic carbocycles. The highest BCUT2D eigenvalue weighted by molar-refractivity contribution is 6.35. The van der Waals surface area contributed by atoms with Crippen molar-refractivity contribution in [1.29, 1.82) is 0 Å². The zero-order valence-corrected chi connectivity index (χ0v) is 16.1. The molecule has 0 bridgehead atoms. The fourth-order valence-electron chi connectivity index (χ4n) is 2.57.